The molecule has 0 radical (unpaired) electrons. The fraction of sp³-hybridized carbons (Fsp3) is 0.643. The number of methoxy groups -OCH3 is 1. The van der Waals surface area contributed by atoms with Crippen molar-refractivity contribution in [1.29, 1.82) is 0 Å². The highest BCUT2D eigenvalue weighted by atomic mass is 16.5. The van der Waals surface area contributed by atoms with Crippen molar-refractivity contribution in [1.82, 2.24) is 5.32 Å². The fourth-order valence-electron chi connectivity index (χ4n) is 2.55. The Morgan fingerprint density at radius 2 is 2.33 bits per heavy atom. The highest BCUT2D eigenvalue weighted by molar-refractivity contribution is 5.86. The molecule has 1 heterocycles. The number of esters is 1. The number of nitrogens with one attached hydrogen (secondary N) is 1. The number of carbonyl (C=O) groups is 1. The summed E-state index contributed by atoms with van der Waals surface area (Å²) in [5.74, 6) is 1.44. The van der Waals surface area contributed by atoms with Gasteiger partial charge in [0.1, 0.15) is 5.76 Å². The van der Waals surface area contributed by atoms with Crippen LogP contribution in [-0.2, 0) is 11.3 Å². The van der Waals surface area contributed by atoms with E-state index in [2.05, 4.69) is 17.0 Å². The van der Waals surface area contributed by atoms with Gasteiger partial charge in [0, 0.05) is 6.04 Å². The van der Waals surface area contributed by atoms with Gasteiger partial charge in [0.2, 0.25) is 5.76 Å². The van der Waals surface area contributed by atoms with E-state index in [9.17, 15) is 4.79 Å². The topological polar surface area (TPSA) is 51.5 Å². The maximum Gasteiger partial charge on any atom is 0.373 e. The van der Waals surface area contributed by atoms with E-state index in [4.69, 9.17) is 4.42 Å². The van der Waals surface area contributed by atoms with Gasteiger partial charge < -0.3 is 14.5 Å². The first-order valence-corrected chi connectivity index (χ1v) is 6.59. The summed E-state index contributed by atoms with van der Waals surface area (Å²) in [6.07, 6.45) is 5.09. The van der Waals surface area contributed by atoms with Crippen LogP contribution in [0.2, 0.25) is 0 Å². The largest absolute Gasteiger partial charge is 0.463 e. The van der Waals surface area contributed by atoms with Gasteiger partial charge in [-0.1, -0.05) is 19.8 Å². The van der Waals surface area contributed by atoms with Crippen LogP contribution in [-0.4, -0.2) is 19.1 Å². The SMILES string of the molecule is COC(=O)c1ccc(CNC2CCCC(C)C2)o1. The Bertz CT molecular complexity index is 399. The summed E-state index contributed by atoms with van der Waals surface area (Å²) in [5, 5.41) is 3.49. The molecule has 2 rings (SSSR count). The van der Waals surface area contributed by atoms with Crippen LogP contribution < -0.4 is 5.32 Å². The van der Waals surface area contributed by atoms with Gasteiger partial charge in [-0.3, -0.25) is 0 Å². The molecule has 1 aliphatic rings. The predicted octanol–water partition coefficient (Wildman–Crippen LogP) is 2.73. The van der Waals surface area contributed by atoms with Gasteiger partial charge >= 0.3 is 5.97 Å². The average molecular weight is 251 g/mol. The zero-order chi connectivity index (χ0) is 13.0. The third-order valence-corrected chi connectivity index (χ3v) is 3.55. The highest BCUT2D eigenvalue weighted by Gasteiger charge is 2.19. The Morgan fingerprint density at radius 1 is 1.50 bits per heavy atom. The molecule has 0 saturated heterocycles. The number of hydrogen-bond acceptors (Lipinski definition) is 4. The zero-order valence-electron chi connectivity index (χ0n) is 11.1. The molecule has 0 aromatic carbocycles. The van der Waals surface area contributed by atoms with Gasteiger partial charge in [-0.05, 0) is 30.9 Å². The summed E-state index contributed by atoms with van der Waals surface area (Å²) in [7, 11) is 1.35. The molecule has 1 aliphatic carbocycles. The second kappa shape index (κ2) is 6.05. The molecular formula is C14H21NO3. The number of hydrogen-bond donors (Lipinski definition) is 1. The van der Waals surface area contributed by atoms with Crippen LogP contribution in [0.25, 0.3) is 0 Å². The Balaban J connectivity index is 1.82. The maximum absolute atomic E-state index is 11.2. The number of furan rings is 1. The van der Waals surface area contributed by atoms with E-state index >= 15 is 0 Å². The van der Waals surface area contributed by atoms with Crippen molar-refractivity contribution in [3.63, 3.8) is 0 Å². The quantitative estimate of drug-likeness (QED) is 0.836. The number of ether oxygens (including phenoxy) is 1. The second-order valence-corrected chi connectivity index (χ2v) is 5.11. The van der Waals surface area contributed by atoms with Crippen LogP contribution in [0.4, 0.5) is 0 Å². The minimum atomic E-state index is -0.424. The lowest BCUT2D eigenvalue weighted by atomic mass is 9.87. The van der Waals surface area contributed by atoms with Crippen LogP contribution in [0, 0.1) is 5.92 Å². The molecule has 4 nitrogen and oxygen atoms in total. The summed E-state index contributed by atoms with van der Waals surface area (Å²) in [6, 6.07) is 4.05. The van der Waals surface area contributed by atoms with Crippen LogP contribution >= 0.6 is 0 Å². The second-order valence-electron chi connectivity index (χ2n) is 5.11. The lowest BCUT2D eigenvalue weighted by Crippen LogP contribution is -2.32. The zero-order valence-corrected chi connectivity index (χ0v) is 11.1. The summed E-state index contributed by atoms with van der Waals surface area (Å²) < 4.78 is 10.0. The molecule has 0 bridgehead atoms. The van der Waals surface area contributed by atoms with Crippen molar-refractivity contribution in [3.05, 3.63) is 23.7 Å². The van der Waals surface area contributed by atoms with E-state index in [1.165, 1.54) is 32.8 Å². The minimum absolute atomic E-state index is 0.270. The van der Waals surface area contributed by atoms with Crippen LogP contribution in [0.15, 0.2) is 16.5 Å². The molecule has 1 N–H and O–H groups in total. The standard InChI is InChI=1S/C14H21NO3/c1-10-4-3-5-11(8-10)15-9-12-6-7-13(18-12)14(16)17-2/h6-7,10-11,15H,3-5,8-9H2,1-2H3. The van der Waals surface area contributed by atoms with E-state index in [1.807, 2.05) is 6.07 Å². The van der Waals surface area contributed by atoms with Gasteiger partial charge in [-0.2, -0.15) is 0 Å². The van der Waals surface area contributed by atoms with E-state index in [1.54, 1.807) is 6.07 Å². The van der Waals surface area contributed by atoms with Crippen molar-refractivity contribution in [2.75, 3.05) is 7.11 Å². The van der Waals surface area contributed by atoms with E-state index < -0.39 is 5.97 Å². The first-order chi connectivity index (χ1) is 8.69. The molecule has 0 spiro atoms. The van der Waals surface area contributed by atoms with Crippen LogP contribution in [0.3, 0.4) is 0 Å². The summed E-state index contributed by atoms with van der Waals surface area (Å²) in [6.45, 7) is 2.98. The first kappa shape index (κ1) is 13.1. The highest BCUT2D eigenvalue weighted by Crippen LogP contribution is 2.23. The van der Waals surface area contributed by atoms with Crippen LogP contribution in [0.1, 0.15) is 48.9 Å². The molecule has 4 heteroatoms. The Hall–Kier alpha value is -1.29. The normalized spacial score (nSPS) is 23.9. The number of rotatable bonds is 4. The summed E-state index contributed by atoms with van der Waals surface area (Å²) >= 11 is 0. The van der Waals surface area contributed by atoms with Crippen molar-refractivity contribution < 1.29 is 13.9 Å². The van der Waals surface area contributed by atoms with Gasteiger partial charge in [0.25, 0.3) is 0 Å². The average Bonchev–Trinajstić information content (AvgIpc) is 2.84. The molecule has 2 unspecified atom stereocenters. The van der Waals surface area contributed by atoms with Gasteiger partial charge in [-0.15, -0.1) is 0 Å². The molecule has 0 aliphatic heterocycles. The number of carbonyl (C=O) groups excluding carboxylic acids is 1. The van der Waals surface area contributed by atoms with Gasteiger partial charge in [0.05, 0.1) is 13.7 Å². The van der Waals surface area contributed by atoms with Crippen molar-refractivity contribution >= 4 is 5.97 Å². The van der Waals surface area contributed by atoms with Gasteiger partial charge in [0.15, 0.2) is 0 Å². The predicted molar refractivity (Wildman–Crippen MR) is 68.3 cm³/mol. The van der Waals surface area contributed by atoms with E-state index in [0.717, 1.165) is 11.7 Å². The monoisotopic (exact) mass is 251 g/mol. The Labute approximate surface area is 108 Å². The van der Waals surface area contributed by atoms with Crippen molar-refractivity contribution in [2.45, 2.75) is 45.2 Å². The molecule has 18 heavy (non-hydrogen) atoms. The molecule has 1 fully saturated rings. The van der Waals surface area contributed by atoms with E-state index in [-0.39, 0.29) is 5.76 Å². The molecule has 1 aromatic heterocycles. The minimum Gasteiger partial charge on any atom is -0.463 e. The summed E-state index contributed by atoms with van der Waals surface area (Å²) in [4.78, 5) is 11.2. The molecule has 2 atom stereocenters. The van der Waals surface area contributed by atoms with Crippen molar-refractivity contribution in [2.24, 2.45) is 5.92 Å². The maximum atomic E-state index is 11.2. The Morgan fingerprint density at radius 3 is 3.06 bits per heavy atom. The Kier molecular flexibility index (Phi) is 4.42. The van der Waals surface area contributed by atoms with Crippen molar-refractivity contribution in [3.8, 4) is 0 Å². The lowest BCUT2D eigenvalue weighted by molar-refractivity contribution is 0.0562. The fourth-order valence-corrected chi connectivity index (χ4v) is 2.55. The third kappa shape index (κ3) is 3.35. The first-order valence-electron chi connectivity index (χ1n) is 6.59. The third-order valence-electron chi connectivity index (χ3n) is 3.55. The lowest BCUT2D eigenvalue weighted by Gasteiger charge is -2.27. The molecule has 1 saturated carbocycles. The molecule has 0 amide bonds. The van der Waals surface area contributed by atoms with E-state index in [0.29, 0.717) is 12.6 Å². The van der Waals surface area contributed by atoms with Crippen LogP contribution in [0.5, 0.6) is 0 Å². The molecular weight excluding hydrogens is 230 g/mol. The molecule has 1 aromatic rings. The smallest absolute Gasteiger partial charge is 0.373 e. The van der Waals surface area contributed by atoms with Gasteiger partial charge in [-0.25, -0.2) is 4.79 Å². The summed E-state index contributed by atoms with van der Waals surface area (Å²) in [5.41, 5.74) is 0. The molecule has 100 valence electrons.